The average Bonchev–Trinajstić information content (AvgIpc) is 2.27. The topological polar surface area (TPSA) is 0 Å². The molecule has 17 heavy (non-hydrogen) atoms. The van der Waals surface area contributed by atoms with Crippen LogP contribution >= 0.6 is 8.29 Å². The molecule has 0 aromatic carbocycles. The van der Waals surface area contributed by atoms with Gasteiger partial charge in [-0.15, -0.1) is 0 Å². The number of rotatable bonds is 10. The Hall–Kier alpha value is 0.350. The molecule has 108 valence electrons. The molecule has 0 unspecified atom stereocenters. The molecule has 0 fully saturated rings. The molecule has 0 N–H and O–H groups in total. The van der Waals surface area contributed by atoms with Crippen LogP contribution in [-0.2, 0) is 0 Å². The van der Waals surface area contributed by atoms with E-state index in [1.54, 1.807) is 0 Å². The lowest BCUT2D eigenvalue weighted by Crippen LogP contribution is -2.41. The van der Waals surface area contributed by atoms with Crippen molar-refractivity contribution >= 4 is 8.29 Å². The van der Waals surface area contributed by atoms with Crippen molar-refractivity contribution in [3.05, 3.63) is 0 Å². The second-order valence-electron chi connectivity index (χ2n) is 7.90. The summed E-state index contributed by atoms with van der Waals surface area (Å²) in [5.74, 6) is 4.40. The molecule has 0 aromatic heterocycles. The molecule has 0 bridgehead atoms. The summed E-state index contributed by atoms with van der Waals surface area (Å²) < 4.78 is 0. The Bertz CT molecular complexity index is 219. The van der Waals surface area contributed by atoms with Gasteiger partial charge in [0.25, 0.3) is 0 Å². The highest BCUT2D eigenvalue weighted by atomic mass is 32.4. The molecule has 0 heterocycles. The molecule has 0 amide bonds. The Balaban J connectivity index is 4.32. The van der Waals surface area contributed by atoms with E-state index in [0.717, 1.165) is 0 Å². The van der Waals surface area contributed by atoms with Gasteiger partial charge >= 0.3 is 0 Å². The standard InChI is InChI=1S/C16H38S/c1-7-10-12-13-14-16-17(4,5,6,9-3)15-11-8-2/h7-16H2,1-6H3. The van der Waals surface area contributed by atoms with Crippen molar-refractivity contribution < 1.29 is 0 Å². The van der Waals surface area contributed by atoms with E-state index in [1.165, 1.54) is 62.2 Å². The third kappa shape index (κ3) is 6.74. The van der Waals surface area contributed by atoms with E-state index in [0.29, 0.717) is 0 Å². The number of unbranched alkanes of at least 4 members (excludes halogenated alkanes) is 5. The summed E-state index contributed by atoms with van der Waals surface area (Å²) >= 11 is 0. The molecule has 0 aliphatic rings. The zero-order valence-electron chi connectivity index (χ0n) is 13.5. The minimum atomic E-state index is -1.72. The van der Waals surface area contributed by atoms with Gasteiger partial charge in [-0.1, -0.05) is 52.9 Å². The van der Waals surface area contributed by atoms with Crippen molar-refractivity contribution in [2.24, 2.45) is 0 Å². The van der Waals surface area contributed by atoms with E-state index in [-0.39, 0.29) is 0 Å². The lowest BCUT2D eigenvalue weighted by atomic mass is 10.2. The molecular formula is C16H38S. The fourth-order valence-corrected chi connectivity index (χ4v) is 6.34. The first-order chi connectivity index (χ1) is 7.71. The SMILES string of the molecule is CCCCCCCS(C)(C)(C)(CC)CCCC. The van der Waals surface area contributed by atoms with Crippen molar-refractivity contribution in [3.63, 3.8) is 0 Å². The van der Waals surface area contributed by atoms with Gasteiger partial charge in [0.1, 0.15) is 0 Å². The van der Waals surface area contributed by atoms with Gasteiger partial charge in [-0.2, -0.15) is 0 Å². The van der Waals surface area contributed by atoms with E-state index < -0.39 is 8.29 Å². The van der Waals surface area contributed by atoms with Gasteiger partial charge in [0.15, 0.2) is 0 Å². The summed E-state index contributed by atoms with van der Waals surface area (Å²) in [7, 11) is -1.72. The van der Waals surface area contributed by atoms with Crippen molar-refractivity contribution in [1.29, 1.82) is 0 Å². The van der Waals surface area contributed by atoms with E-state index in [4.69, 9.17) is 0 Å². The molecule has 0 rings (SSSR count). The molecular weight excluding hydrogens is 224 g/mol. The van der Waals surface area contributed by atoms with Crippen molar-refractivity contribution in [2.75, 3.05) is 36.0 Å². The average molecular weight is 263 g/mol. The molecule has 0 aliphatic heterocycles. The molecule has 1 heteroatoms. The zero-order chi connectivity index (χ0) is 13.5. The van der Waals surface area contributed by atoms with Crippen LogP contribution in [0.15, 0.2) is 0 Å². The van der Waals surface area contributed by atoms with Crippen molar-refractivity contribution in [2.45, 2.75) is 65.7 Å². The molecule has 0 atom stereocenters. The normalized spacial score (nSPS) is 16.6. The van der Waals surface area contributed by atoms with Crippen LogP contribution in [0.4, 0.5) is 0 Å². The lowest BCUT2D eigenvalue weighted by molar-refractivity contribution is 0.656. The maximum atomic E-state index is 2.65. The van der Waals surface area contributed by atoms with Crippen LogP contribution in [-0.4, -0.2) is 36.0 Å². The molecule has 0 saturated carbocycles. The Morgan fingerprint density at radius 3 is 1.53 bits per heavy atom. The second-order valence-corrected chi connectivity index (χ2v) is 18.2. The van der Waals surface area contributed by atoms with E-state index in [9.17, 15) is 0 Å². The Morgan fingerprint density at radius 1 is 0.588 bits per heavy atom. The van der Waals surface area contributed by atoms with Gasteiger partial charge in [0.05, 0.1) is 0 Å². The van der Waals surface area contributed by atoms with E-state index in [2.05, 4.69) is 39.5 Å². The Kier molecular flexibility index (Phi) is 6.12. The van der Waals surface area contributed by atoms with Gasteiger partial charge < -0.3 is 0 Å². The lowest BCUT2D eigenvalue weighted by Gasteiger charge is -2.72. The summed E-state index contributed by atoms with van der Waals surface area (Å²) in [4.78, 5) is 0. The number of hydrogen-bond donors (Lipinski definition) is 0. The first-order valence-electron chi connectivity index (χ1n) is 7.71. The maximum Gasteiger partial charge on any atom is -0.0342 e. The minimum Gasteiger partial charge on any atom is -0.281 e. The largest absolute Gasteiger partial charge is 0.281 e. The van der Waals surface area contributed by atoms with E-state index in [1.807, 2.05) is 0 Å². The van der Waals surface area contributed by atoms with Gasteiger partial charge in [0.2, 0.25) is 0 Å². The predicted molar refractivity (Wildman–Crippen MR) is 89.3 cm³/mol. The molecule has 0 nitrogen and oxygen atoms in total. The van der Waals surface area contributed by atoms with Crippen LogP contribution in [0.25, 0.3) is 0 Å². The molecule has 0 saturated heterocycles. The predicted octanol–water partition coefficient (Wildman–Crippen LogP) is 5.54. The Labute approximate surface area is 110 Å². The zero-order valence-corrected chi connectivity index (χ0v) is 14.3. The van der Waals surface area contributed by atoms with Crippen LogP contribution < -0.4 is 0 Å². The summed E-state index contributed by atoms with van der Waals surface area (Å²) in [6, 6.07) is 0. The van der Waals surface area contributed by atoms with E-state index >= 15 is 0 Å². The highest BCUT2D eigenvalue weighted by molar-refractivity contribution is 8.63. The van der Waals surface area contributed by atoms with Gasteiger partial charge in [0, 0.05) is 0 Å². The van der Waals surface area contributed by atoms with Crippen LogP contribution in [0, 0.1) is 0 Å². The molecule has 0 radical (unpaired) electrons. The fraction of sp³-hybridized carbons (Fsp3) is 1.00. The Morgan fingerprint density at radius 2 is 1.06 bits per heavy atom. The van der Waals surface area contributed by atoms with Crippen LogP contribution in [0.3, 0.4) is 0 Å². The first-order valence-corrected chi connectivity index (χ1v) is 11.9. The van der Waals surface area contributed by atoms with Gasteiger partial charge in [-0.3, -0.25) is 8.29 Å². The quantitative estimate of drug-likeness (QED) is 0.453. The molecule has 0 aromatic rings. The van der Waals surface area contributed by atoms with Crippen molar-refractivity contribution in [3.8, 4) is 0 Å². The smallest absolute Gasteiger partial charge is 0.0342 e. The summed E-state index contributed by atoms with van der Waals surface area (Å²) in [6.45, 7) is 7.06. The minimum absolute atomic E-state index is 1.35. The fourth-order valence-electron chi connectivity index (χ4n) is 2.51. The second kappa shape index (κ2) is 5.99. The van der Waals surface area contributed by atoms with Crippen LogP contribution in [0.5, 0.6) is 0 Å². The van der Waals surface area contributed by atoms with Gasteiger partial charge in [-0.05, 0) is 48.9 Å². The first kappa shape index (κ1) is 17.4. The maximum absolute atomic E-state index is 2.65. The number of hydrogen-bond acceptors (Lipinski definition) is 0. The third-order valence-electron chi connectivity index (χ3n) is 4.82. The highest BCUT2D eigenvalue weighted by Crippen LogP contribution is 2.81. The monoisotopic (exact) mass is 262 g/mol. The van der Waals surface area contributed by atoms with Gasteiger partial charge in [-0.25, -0.2) is 0 Å². The summed E-state index contributed by atoms with van der Waals surface area (Å²) in [5.41, 5.74) is 0. The highest BCUT2D eigenvalue weighted by Gasteiger charge is 2.44. The third-order valence-corrected chi connectivity index (χ3v) is 11.6. The van der Waals surface area contributed by atoms with Crippen LogP contribution in [0.2, 0.25) is 0 Å². The van der Waals surface area contributed by atoms with Crippen molar-refractivity contribution in [1.82, 2.24) is 0 Å². The van der Waals surface area contributed by atoms with Crippen LogP contribution in [0.1, 0.15) is 65.7 Å². The summed E-state index contributed by atoms with van der Waals surface area (Å²) in [6.07, 6.45) is 17.9. The summed E-state index contributed by atoms with van der Waals surface area (Å²) in [5, 5.41) is 0. The molecule has 0 spiro atoms. The molecule has 0 aliphatic carbocycles.